The van der Waals surface area contributed by atoms with Crippen molar-refractivity contribution in [2.45, 2.75) is 60.5 Å². The zero-order valence-corrected chi connectivity index (χ0v) is 21.7. The lowest BCUT2D eigenvalue weighted by atomic mass is 9.92. The molecular weight excluding hydrogens is 431 g/mol. The minimum absolute atomic E-state index is 0.0488. The van der Waals surface area contributed by atoms with Crippen molar-refractivity contribution in [2.75, 3.05) is 29.6 Å². The second-order valence-electron chi connectivity index (χ2n) is 10.6. The number of hydrogen-bond donors (Lipinski definition) is 2. The van der Waals surface area contributed by atoms with E-state index in [4.69, 9.17) is 0 Å². The average molecular weight is 471 g/mol. The molecule has 0 bridgehead atoms. The number of amides is 3. The number of urea groups is 1. The van der Waals surface area contributed by atoms with Gasteiger partial charge < -0.3 is 20.4 Å². The van der Waals surface area contributed by atoms with Crippen molar-refractivity contribution in [1.29, 1.82) is 0 Å². The monoisotopic (exact) mass is 470 g/mol. The maximum absolute atomic E-state index is 13.6. The molecule has 0 aliphatic carbocycles. The Labute approximate surface area is 203 Å². The van der Waals surface area contributed by atoms with E-state index in [-0.39, 0.29) is 29.3 Å². The summed E-state index contributed by atoms with van der Waals surface area (Å²) in [4.78, 5) is 29.5. The van der Waals surface area contributed by atoms with Crippen LogP contribution in [0.2, 0.25) is 0 Å². The van der Waals surface area contributed by atoms with Gasteiger partial charge in [-0.3, -0.25) is 4.79 Å². The van der Waals surface area contributed by atoms with Crippen molar-refractivity contribution in [3.8, 4) is 0 Å². The lowest BCUT2D eigenvalue weighted by molar-refractivity contribution is -0.117. The van der Waals surface area contributed by atoms with Crippen LogP contribution in [0.25, 0.3) is 0 Å². The highest BCUT2D eigenvalue weighted by Crippen LogP contribution is 2.28. The van der Waals surface area contributed by atoms with Gasteiger partial charge in [0.25, 0.3) is 0 Å². The molecule has 0 saturated carbocycles. The molecule has 0 aliphatic heterocycles. The van der Waals surface area contributed by atoms with Crippen LogP contribution in [-0.4, -0.2) is 37.0 Å². The highest BCUT2D eigenvalue weighted by atomic mass is 19.1. The molecule has 6 nitrogen and oxygen atoms in total. The van der Waals surface area contributed by atoms with Crippen LogP contribution < -0.4 is 15.5 Å². The number of carbonyl (C=O) groups excluding carboxylic acids is 2. The van der Waals surface area contributed by atoms with Crippen LogP contribution in [0, 0.1) is 17.2 Å². The van der Waals surface area contributed by atoms with E-state index in [2.05, 4.69) is 24.5 Å². The molecule has 7 heteroatoms. The fraction of sp³-hybridized carbons (Fsp3) is 0.481. The molecule has 3 amide bonds. The molecule has 0 aromatic heterocycles. The number of nitrogens with zero attached hydrogens (tertiary/aromatic N) is 2. The molecule has 2 rings (SSSR count). The highest BCUT2D eigenvalue weighted by Gasteiger charge is 2.25. The van der Waals surface area contributed by atoms with Crippen LogP contribution in [-0.2, 0) is 11.3 Å². The molecule has 0 heterocycles. The van der Waals surface area contributed by atoms with Crippen LogP contribution in [0.15, 0.2) is 42.5 Å². The summed E-state index contributed by atoms with van der Waals surface area (Å²) in [6, 6.07) is 11.2. The molecule has 2 aromatic carbocycles. The number of benzene rings is 2. The van der Waals surface area contributed by atoms with E-state index in [1.165, 1.54) is 12.1 Å². The third kappa shape index (κ3) is 8.04. The topological polar surface area (TPSA) is 64.7 Å². The summed E-state index contributed by atoms with van der Waals surface area (Å²) in [6.45, 7) is 12.5. The maximum Gasteiger partial charge on any atom is 0.322 e. The Kier molecular flexibility index (Phi) is 9.07. The van der Waals surface area contributed by atoms with E-state index in [1.54, 1.807) is 17.0 Å². The minimum atomic E-state index is -0.408. The van der Waals surface area contributed by atoms with Gasteiger partial charge in [-0.25, -0.2) is 9.18 Å². The summed E-state index contributed by atoms with van der Waals surface area (Å²) in [6.07, 6.45) is 0.407. The summed E-state index contributed by atoms with van der Waals surface area (Å²) in [7, 11) is 3.89. The lowest BCUT2D eigenvalue weighted by Gasteiger charge is -2.33. The summed E-state index contributed by atoms with van der Waals surface area (Å²) in [5.74, 6) is -0.252. The van der Waals surface area contributed by atoms with E-state index in [0.717, 1.165) is 11.3 Å². The first kappa shape index (κ1) is 27.2. The van der Waals surface area contributed by atoms with Crippen LogP contribution in [0.4, 0.5) is 26.2 Å². The normalized spacial score (nSPS) is 12.3. The number of anilines is 3. The predicted octanol–water partition coefficient (Wildman–Crippen LogP) is 6.35. The van der Waals surface area contributed by atoms with Gasteiger partial charge in [0.15, 0.2) is 0 Å². The lowest BCUT2D eigenvalue weighted by Crippen LogP contribution is -2.43. The van der Waals surface area contributed by atoms with Crippen molar-refractivity contribution < 1.29 is 14.0 Å². The van der Waals surface area contributed by atoms with Gasteiger partial charge in [0, 0.05) is 50.2 Å². The SMILES string of the molecule is CC(C)C(C)N(Cc1cc(NC(=O)CC(C)(C)C)ccc1N(C)C)C(=O)Nc1cccc(F)c1. The highest BCUT2D eigenvalue weighted by molar-refractivity contribution is 5.92. The molecular formula is C27H39FN4O2. The number of rotatable bonds is 8. The largest absolute Gasteiger partial charge is 0.377 e. The van der Waals surface area contributed by atoms with Crippen LogP contribution in [0.1, 0.15) is 53.5 Å². The molecule has 34 heavy (non-hydrogen) atoms. The average Bonchev–Trinajstić information content (AvgIpc) is 2.69. The Morgan fingerprint density at radius 1 is 0.971 bits per heavy atom. The molecule has 1 unspecified atom stereocenters. The van der Waals surface area contributed by atoms with Gasteiger partial charge in [-0.2, -0.15) is 0 Å². The molecule has 0 saturated heterocycles. The Morgan fingerprint density at radius 2 is 1.62 bits per heavy atom. The van der Waals surface area contributed by atoms with Crippen molar-refractivity contribution in [1.82, 2.24) is 4.90 Å². The van der Waals surface area contributed by atoms with Crippen molar-refractivity contribution in [3.63, 3.8) is 0 Å². The standard InChI is InChI=1S/C27H39FN4O2/c1-18(2)19(3)32(26(34)30-22-11-9-10-21(28)15-22)17-20-14-23(12-13-24(20)31(7)8)29-25(33)16-27(4,5)6/h9-15,18-19H,16-17H2,1-8H3,(H,29,33)(H,30,34). The summed E-state index contributed by atoms with van der Waals surface area (Å²) < 4.78 is 13.6. The zero-order valence-electron chi connectivity index (χ0n) is 21.7. The predicted molar refractivity (Wildman–Crippen MR) is 139 cm³/mol. The Balaban J connectivity index is 2.35. The molecule has 2 N–H and O–H groups in total. The number of carbonyl (C=O) groups is 2. The molecule has 0 radical (unpaired) electrons. The van der Waals surface area contributed by atoms with Crippen LogP contribution in [0.5, 0.6) is 0 Å². The van der Waals surface area contributed by atoms with Gasteiger partial charge in [0.05, 0.1) is 0 Å². The molecule has 0 aliphatic rings. The fourth-order valence-electron chi connectivity index (χ4n) is 3.62. The van der Waals surface area contributed by atoms with Gasteiger partial charge in [-0.05, 0) is 60.2 Å². The Hall–Kier alpha value is -3.09. The molecule has 2 aromatic rings. The number of hydrogen-bond acceptors (Lipinski definition) is 3. The minimum Gasteiger partial charge on any atom is -0.377 e. The Morgan fingerprint density at radius 3 is 2.18 bits per heavy atom. The van der Waals surface area contributed by atoms with Crippen molar-refractivity contribution in [3.05, 3.63) is 53.8 Å². The van der Waals surface area contributed by atoms with Crippen LogP contribution in [0.3, 0.4) is 0 Å². The first-order valence-electron chi connectivity index (χ1n) is 11.7. The number of nitrogens with one attached hydrogen (secondary N) is 2. The second kappa shape index (κ2) is 11.4. The van der Waals surface area contributed by atoms with Gasteiger partial charge in [0.1, 0.15) is 5.82 Å². The second-order valence-corrected chi connectivity index (χ2v) is 10.6. The molecule has 0 fully saturated rings. The third-order valence-electron chi connectivity index (χ3n) is 5.67. The van der Waals surface area contributed by atoms with Crippen molar-refractivity contribution >= 4 is 29.0 Å². The van der Waals surface area contributed by atoms with E-state index in [1.807, 2.05) is 64.9 Å². The molecule has 186 valence electrons. The van der Waals surface area contributed by atoms with Gasteiger partial charge in [0.2, 0.25) is 5.91 Å². The first-order valence-corrected chi connectivity index (χ1v) is 11.7. The van der Waals surface area contributed by atoms with E-state index >= 15 is 0 Å². The van der Waals surface area contributed by atoms with Gasteiger partial charge in [-0.15, -0.1) is 0 Å². The summed E-state index contributed by atoms with van der Waals surface area (Å²) in [5.41, 5.74) is 2.84. The van der Waals surface area contributed by atoms with Crippen LogP contribution >= 0.6 is 0 Å². The Bertz CT molecular complexity index is 998. The van der Waals surface area contributed by atoms with Gasteiger partial charge >= 0.3 is 6.03 Å². The van der Waals surface area contributed by atoms with Gasteiger partial charge in [-0.1, -0.05) is 40.7 Å². The zero-order chi connectivity index (χ0) is 25.6. The quantitative estimate of drug-likeness (QED) is 0.473. The maximum atomic E-state index is 13.6. The van der Waals surface area contributed by atoms with E-state index in [0.29, 0.717) is 24.3 Å². The summed E-state index contributed by atoms with van der Waals surface area (Å²) in [5, 5.41) is 5.81. The molecule has 1 atom stereocenters. The smallest absolute Gasteiger partial charge is 0.322 e. The fourth-order valence-corrected chi connectivity index (χ4v) is 3.62. The first-order chi connectivity index (χ1) is 15.8. The molecule has 0 spiro atoms. The number of halogens is 1. The van der Waals surface area contributed by atoms with Crippen molar-refractivity contribution in [2.24, 2.45) is 11.3 Å². The third-order valence-corrected chi connectivity index (χ3v) is 5.67. The van der Waals surface area contributed by atoms with E-state index in [9.17, 15) is 14.0 Å². The van der Waals surface area contributed by atoms with E-state index < -0.39 is 5.82 Å². The summed E-state index contributed by atoms with van der Waals surface area (Å²) >= 11 is 0.